The second kappa shape index (κ2) is 5.51. The third-order valence-electron chi connectivity index (χ3n) is 3.64. The molecule has 0 saturated carbocycles. The van der Waals surface area contributed by atoms with E-state index < -0.39 is 11.2 Å². The number of anilines is 1. The maximum absolute atomic E-state index is 12.1. The largest absolute Gasteiger partial charge is 0.375 e. The molecule has 0 unspecified atom stereocenters. The van der Waals surface area contributed by atoms with Gasteiger partial charge in [0.05, 0.1) is 12.7 Å². The van der Waals surface area contributed by atoms with Crippen LogP contribution in [0.1, 0.15) is 18.9 Å². The molecule has 0 bridgehead atoms. The van der Waals surface area contributed by atoms with Crippen LogP contribution in [0.25, 0.3) is 0 Å². The molecule has 0 aromatic carbocycles. The highest BCUT2D eigenvalue weighted by atomic mass is 16.5. The molecular weight excluding hydrogens is 260 g/mol. The number of nitriles is 1. The maximum Gasteiger partial charge on any atom is 0.332 e. The van der Waals surface area contributed by atoms with E-state index in [0.717, 1.165) is 11.0 Å². The minimum atomic E-state index is -0.551. The van der Waals surface area contributed by atoms with Gasteiger partial charge in [-0.1, -0.05) is 6.92 Å². The summed E-state index contributed by atoms with van der Waals surface area (Å²) in [5.41, 5.74) is -0.972. The highest BCUT2D eigenvalue weighted by Crippen LogP contribution is 2.19. The monoisotopic (exact) mass is 278 g/mol. The molecule has 1 saturated heterocycles. The summed E-state index contributed by atoms with van der Waals surface area (Å²) in [4.78, 5) is 26.0. The fourth-order valence-electron chi connectivity index (χ4n) is 2.46. The molecule has 7 nitrogen and oxygen atoms in total. The number of ether oxygens (including phenoxy) is 1. The molecule has 2 rings (SSSR count). The molecule has 1 fully saturated rings. The van der Waals surface area contributed by atoms with Crippen LogP contribution in [0.2, 0.25) is 0 Å². The molecule has 0 radical (unpaired) electrons. The van der Waals surface area contributed by atoms with Crippen LogP contribution >= 0.6 is 0 Å². The van der Waals surface area contributed by atoms with Crippen LogP contribution in [0, 0.1) is 11.3 Å². The summed E-state index contributed by atoms with van der Waals surface area (Å²) < 4.78 is 7.90. The molecule has 1 aliphatic heterocycles. The van der Waals surface area contributed by atoms with Gasteiger partial charge < -0.3 is 9.64 Å². The number of nitrogens with zero attached hydrogens (tertiary/aromatic N) is 4. The van der Waals surface area contributed by atoms with Crippen molar-refractivity contribution in [1.82, 2.24) is 9.13 Å². The topological polar surface area (TPSA) is 80.3 Å². The Balaban J connectivity index is 2.60. The van der Waals surface area contributed by atoms with Gasteiger partial charge in [-0.05, 0) is 6.42 Å². The van der Waals surface area contributed by atoms with E-state index in [9.17, 15) is 14.9 Å². The van der Waals surface area contributed by atoms with E-state index in [1.54, 1.807) is 7.05 Å². The van der Waals surface area contributed by atoms with Crippen LogP contribution in [0.4, 0.5) is 5.82 Å². The van der Waals surface area contributed by atoms with Gasteiger partial charge in [0.25, 0.3) is 5.56 Å². The van der Waals surface area contributed by atoms with Crippen molar-refractivity contribution in [3.8, 4) is 6.07 Å². The van der Waals surface area contributed by atoms with Crippen molar-refractivity contribution >= 4 is 5.82 Å². The lowest BCUT2D eigenvalue weighted by molar-refractivity contribution is 0.0379. The van der Waals surface area contributed by atoms with Crippen LogP contribution in [-0.2, 0) is 18.8 Å². The van der Waals surface area contributed by atoms with Crippen molar-refractivity contribution in [2.45, 2.75) is 19.4 Å². The van der Waals surface area contributed by atoms with Crippen molar-refractivity contribution in [1.29, 1.82) is 5.26 Å². The fourth-order valence-corrected chi connectivity index (χ4v) is 2.46. The van der Waals surface area contributed by atoms with Crippen LogP contribution in [-0.4, -0.2) is 34.9 Å². The minimum absolute atomic E-state index is 0.00588. The first-order valence-corrected chi connectivity index (χ1v) is 6.57. The predicted octanol–water partition coefficient (Wildman–Crippen LogP) is -0.429. The van der Waals surface area contributed by atoms with E-state index in [0.29, 0.717) is 25.5 Å². The molecule has 108 valence electrons. The van der Waals surface area contributed by atoms with Gasteiger partial charge in [0.2, 0.25) is 0 Å². The SMILES string of the molecule is CC[C@@H]1CN(c2c(C#N)c(=O)n(C)c(=O)n2C)CCO1. The highest BCUT2D eigenvalue weighted by Gasteiger charge is 2.25. The van der Waals surface area contributed by atoms with Gasteiger partial charge in [-0.2, -0.15) is 5.26 Å². The smallest absolute Gasteiger partial charge is 0.332 e. The zero-order valence-corrected chi connectivity index (χ0v) is 11.9. The van der Waals surface area contributed by atoms with E-state index >= 15 is 0 Å². The van der Waals surface area contributed by atoms with Crippen LogP contribution in [0.5, 0.6) is 0 Å². The lowest BCUT2D eigenvalue weighted by Gasteiger charge is -2.35. The summed E-state index contributed by atoms with van der Waals surface area (Å²) in [6.07, 6.45) is 0.895. The van der Waals surface area contributed by atoms with Gasteiger partial charge in [0.15, 0.2) is 5.56 Å². The summed E-state index contributed by atoms with van der Waals surface area (Å²) in [5.74, 6) is 0.391. The Labute approximate surface area is 116 Å². The molecule has 1 aromatic rings. The molecule has 0 amide bonds. The van der Waals surface area contributed by atoms with Gasteiger partial charge in [-0.25, -0.2) is 4.79 Å². The second-order valence-electron chi connectivity index (χ2n) is 4.86. The first-order valence-electron chi connectivity index (χ1n) is 6.57. The van der Waals surface area contributed by atoms with Gasteiger partial charge in [0, 0.05) is 27.2 Å². The Bertz CT molecular complexity index is 668. The Morgan fingerprint density at radius 3 is 2.65 bits per heavy atom. The van der Waals surface area contributed by atoms with Gasteiger partial charge >= 0.3 is 5.69 Å². The number of aromatic nitrogens is 2. The number of hydrogen-bond donors (Lipinski definition) is 0. The first kappa shape index (κ1) is 14.3. The van der Waals surface area contributed by atoms with Crippen LogP contribution in [0.15, 0.2) is 9.59 Å². The Hall–Kier alpha value is -2.07. The third-order valence-corrected chi connectivity index (χ3v) is 3.64. The summed E-state index contributed by atoms with van der Waals surface area (Å²) in [6, 6.07) is 1.93. The molecule has 1 aromatic heterocycles. The fraction of sp³-hybridized carbons (Fsp3) is 0.615. The number of hydrogen-bond acceptors (Lipinski definition) is 5. The second-order valence-corrected chi connectivity index (χ2v) is 4.86. The number of morpholine rings is 1. The van der Waals surface area contributed by atoms with Crippen LogP contribution < -0.4 is 16.1 Å². The van der Waals surface area contributed by atoms with Gasteiger partial charge in [-0.3, -0.25) is 13.9 Å². The highest BCUT2D eigenvalue weighted by molar-refractivity contribution is 5.53. The zero-order chi connectivity index (χ0) is 14.9. The van der Waals surface area contributed by atoms with Gasteiger partial charge in [-0.15, -0.1) is 0 Å². The van der Waals surface area contributed by atoms with Crippen molar-refractivity contribution in [3.63, 3.8) is 0 Å². The number of rotatable bonds is 2. The normalized spacial score (nSPS) is 18.9. The van der Waals surface area contributed by atoms with E-state index in [2.05, 4.69) is 0 Å². The Morgan fingerprint density at radius 2 is 2.05 bits per heavy atom. The molecule has 7 heteroatoms. The molecule has 2 heterocycles. The lowest BCUT2D eigenvalue weighted by atomic mass is 10.2. The molecule has 0 aliphatic carbocycles. The van der Waals surface area contributed by atoms with Crippen molar-refractivity contribution in [2.75, 3.05) is 24.6 Å². The van der Waals surface area contributed by atoms with E-state index in [1.807, 2.05) is 17.9 Å². The molecule has 1 aliphatic rings. The Kier molecular flexibility index (Phi) is 3.95. The molecule has 20 heavy (non-hydrogen) atoms. The molecule has 0 spiro atoms. The first-order chi connectivity index (χ1) is 9.51. The molecule has 0 N–H and O–H groups in total. The van der Waals surface area contributed by atoms with Crippen LogP contribution in [0.3, 0.4) is 0 Å². The summed E-state index contributed by atoms with van der Waals surface area (Å²) >= 11 is 0. The quantitative estimate of drug-likeness (QED) is 0.733. The average Bonchev–Trinajstić information content (AvgIpc) is 2.48. The zero-order valence-electron chi connectivity index (χ0n) is 11.9. The van der Waals surface area contributed by atoms with Crippen molar-refractivity contribution in [3.05, 3.63) is 26.4 Å². The molecule has 1 atom stereocenters. The van der Waals surface area contributed by atoms with Crippen molar-refractivity contribution in [2.24, 2.45) is 14.1 Å². The predicted molar refractivity (Wildman–Crippen MR) is 73.9 cm³/mol. The van der Waals surface area contributed by atoms with Gasteiger partial charge in [0.1, 0.15) is 11.9 Å². The minimum Gasteiger partial charge on any atom is -0.375 e. The van der Waals surface area contributed by atoms with Crippen molar-refractivity contribution < 1.29 is 4.74 Å². The standard InChI is InChI=1S/C13H18N4O3/c1-4-9-8-17(5-6-20-9)11-10(7-14)12(18)16(3)13(19)15(11)2/h9H,4-6,8H2,1-3H3/t9-/m1/s1. The summed E-state index contributed by atoms with van der Waals surface area (Å²) in [5, 5.41) is 9.26. The lowest BCUT2D eigenvalue weighted by Crippen LogP contribution is -2.48. The summed E-state index contributed by atoms with van der Waals surface area (Å²) in [7, 11) is 2.96. The average molecular weight is 278 g/mol. The third kappa shape index (κ3) is 2.23. The summed E-state index contributed by atoms with van der Waals surface area (Å²) in [6.45, 7) is 3.67. The van der Waals surface area contributed by atoms with E-state index in [1.165, 1.54) is 11.6 Å². The van der Waals surface area contributed by atoms with E-state index in [-0.39, 0.29) is 11.7 Å². The maximum atomic E-state index is 12.1. The Morgan fingerprint density at radius 1 is 1.35 bits per heavy atom. The van der Waals surface area contributed by atoms with E-state index in [4.69, 9.17) is 4.74 Å². The molecular formula is C13H18N4O3.